The number of alkyl halides is 2. The van der Waals surface area contributed by atoms with Gasteiger partial charge in [-0.2, -0.15) is 0 Å². The van der Waals surface area contributed by atoms with E-state index in [2.05, 4.69) is 20.2 Å². The second kappa shape index (κ2) is 18.3. The predicted octanol–water partition coefficient (Wildman–Crippen LogP) is 6.29. The molecule has 0 unspecified atom stereocenters. The zero-order valence-electron chi connectivity index (χ0n) is 31.6. The van der Waals surface area contributed by atoms with Crippen LogP contribution in [0.15, 0.2) is 84.0 Å². The summed E-state index contributed by atoms with van der Waals surface area (Å²) in [7, 11) is 4.02. The van der Waals surface area contributed by atoms with E-state index in [1.807, 2.05) is 44.4 Å². The Balaban J connectivity index is 1.04. The Morgan fingerprint density at radius 2 is 1.73 bits per heavy atom. The zero-order valence-corrected chi connectivity index (χ0v) is 32.4. The van der Waals surface area contributed by atoms with E-state index >= 15 is 0 Å². The lowest BCUT2D eigenvalue weighted by Gasteiger charge is -2.39. The molecule has 56 heavy (non-hydrogen) atoms. The number of pyridine rings is 1. The maximum Gasteiger partial charge on any atom is 0.266 e. The molecule has 0 aliphatic carbocycles. The van der Waals surface area contributed by atoms with Crippen LogP contribution in [0.4, 0.5) is 8.78 Å². The molecular formula is C42H47ClF2N6O5. The lowest BCUT2D eigenvalue weighted by molar-refractivity contribution is -0.140. The number of likely N-dealkylation sites (tertiary alicyclic amines) is 1. The fourth-order valence-corrected chi connectivity index (χ4v) is 7.41. The highest BCUT2D eigenvalue weighted by Gasteiger charge is 2.36. The number of aliphatic hydroxyl groups is 1. The topological polar surface area (TPSA) is 130 Å². The standard InChI is InChI=1S/C42H47ClF2N6O5/c1-49(2)18-7-21-56-31-12-14-33-36(24-31)48-27-51(41(33)54)26-42(55)15-19-50(20-16-42)40(53)30(22-28-8-4-3-5-9-28)10-6-17-46-39(52)29-11-13-32-35(23-29)47-25-34(37(32)43)38(44)45/h3-5,8-9,11-14,23-25,27,30,38,55H,6-7,10,15-22,26H2,1-2H3,(H,46,52)/t30-/m0/s1. The molecule has 0 spiro atoms. The summed E-state index contributed by atoms with van der Waals surface area (Å²) in [4.78, 5) is 52.8. The second-order valence-corrected chi connectivity index (χ2v) is 15.1. The third-order valence-electron chi connectivity index (χ3n) is 10.3. The summed E-state index contributed by atoms with van der Waals surface area (Å²) in [5.41, 5.74) is 0.389. The quantitative estimate of drug-likeness (QED) is 0.112. The molecule has 0 radical (unpaired) electrons. The summed E-state index contributed by atoms with van der Waals surface area (Å²) >= 11 is 6.15. The van der Waals surface area contributed by atoms with Crippen LogP contribution in [-0.4, -0.2) is 93.7 Å². The first-order chi connectivity index (χ1) is 26.9. The third-order valence-corrected chi connectivity index (χ3v) is 10.7. The number of rotatable bonds is 16. The van der Waals surface area contributed by atoms with Crippen LogP contribution in [0.2, 0.25) is 5.02 Å². The number of hydrogen-bond donors (Lipinski definition) is 2. The maximum absolute atomic E-state index is 14.0. The summed E-state index contributed by atoms with van der Waals surface area (Å²) in [5, 5.41) is 15.2. The van der Waals surface area contributed by atoms with Crippen molar-refractivity contribution in [1.29, 1.82) is 0 Å². The first-order valence-corrected chi connectivity index (χ1v) is 19.2. The molecule has 2 N–H and O–H groups in total. The largest absolute Gasteiger partial charge is 0.493 e. The van der Waals surface area contributed by atoms with E-state index in [0.717, 1.165) is 24.7 Å². The number of carbonyl (C=O) groups excluding carboxylic acids is 2. The van der Waals surface area contributed by atoms with Gasteiger partial charge in [0.05, 0.1) is 52.1 Å². The molecule has 11 nitrogen and oxygen atoms in total. The van der Waals surface area contributed by atoms with Crippen molar-refractivity contribution < 1.29 is 28.2 Å². The van der Waals surface area contributed by atoms with Gasteiger partial charge in [-0.25, -0.2) is 13.8 Å². The van der Waals surface area contributed by atoms with Gasteiger partial charge in [0.2, 0.25) is 5.91 Å². The average Bonchev–Trinajstić information content (AvgIpc) is 3.19. The molecule has 1 saturated heterocycles. The van der Waals surface area contributed by atoms with E-state index in [0.29, 0.717) is 91.5 Å². The van der Waals surface area contributed by atoms with Crippen LogP contribution in [0.1, 0.15) is 60.0 Å². The second-order valence-electron chi connectivity index (χ2n) is 14.8. The minimum Gasteiger partial charge on any atom is -0.493 e. The molecule has 1 atom stereocenters. The molecule has 14 heteroatoms. The predicted molar refractivity (Wildman–Crippen MR) is 212 cm³/mol. The highest BCUT2D eigenvalue weighted by Crippen LogP contribution is 2.32. The van der Waals surface area contributed by atoms with Crippen molar-refractivity contribution in [3.63, 3.8) is 0 Å². The van der Waals surface area contributed by atoms with E-state index in [1.165, 1.54) is 29.1 Å². The van der Waals surface area contributed by atoms with Crippen LogP contribution in [0.5, 0.6) is 5.75 Å². The highest BCUT2D eigenvalue weighted by molar-refractivity contribution is 6.36. The molecule has 1 aliphatic rings. The summed E-state index contributed by atoms with van der Waals surface area (Å²) in [6, 6.07) is 19.5. The number of piperidine rings is 1. The fourth-order valence-electron chi connectivity index (χ4n) is 7.12. The zero-order chi connectivity index (χ0) is 39.8. The van der Waals surface area contributed by atoms with Gasteiger partial charge in [0, 0.05) is 55.3 Å². The van der Waals surface area contributed by atoms with Crippen molar-refractivity contribution in [2.45, 2.75) is 57.1 Å². The minimum atomic E-state index is -2.76. The number of fused-ring (bicyclic) bond motifs is 2. The van der Waals surface area contributed by atoms with Crippen molar-refractivity contribution in [1.82, 2.24) is 29.7 Å². The van der Waals surface area contributed by atoms with Crippen LogP contribution < -0.4 is 15.6 Å². The Morgan fingerprint density at radius 3 is 2.46 bits per heavy atom. The molecule has 0 saturated carbocycles. The molecule has 1 fully saturated rings. The summed E-state index contributed by atoms with van der Waals surface area (Å²) < 4.78 is 33.8. The van der Waals surface area contributed by atoms with Crippen molar-refractivity contribution in [3.8, 4) is 5.75 Å². The van der Waals surface area contributed by atoms with Gasteiger partial charge < -0.3 is 25.0 Å². The number of amides is 2. The first-order valence-electron chi connectivity index (χ1n) is 18.9. The lowest BCUT2D eigenvalue weighted by atomic mass is 9.88. The third kappa shape index (κ3) is 10.1. The Hall–Kier alpha value is -4.98. The van der Waals surface area contributed by atoms with Crippen LogP contribution in [0, 0.1) is 5.92 Å². The molecule has 3 aromatic carbocycles. The maximum atomic E-state index is 14.0. The van der Waals surface area contributed by atoms with E-state index in [-0.39, 0.29) is 40.4 Å². The van der Waals surface area contributed by atoms with Gasteiger partial charge in [0.25, 0.3) is 17.9 Å². The number of hydrogen-bond acceptors (Lipinski definition) is 8. The first kappa shape index (κ1) is 40.7. The molecule has 5 aromatic rings. The molecular weight excluding hydrogens is 742 g/mol. The van der Waals surface area contributed by atoms with Gasteiger partial charge in [-0.3, -0.25) is 23.9 Å². The highest BCUT2D eigenvalue weighted by atomic mass is 35.5. The van der Waals surface area contributed by atoms with E-state index in [1.54, 1.807) is 23.1 Å². The number of benzene rings is 3. The van der Waals surface area contributed by atoms with Gasteiger partial charge >= 0.3 is 0 Å². The summed E-state index contributed by atoms with van der Waals surface area (Å²) in [6.45, 7) is 2.50. The van der Waals surface area contributed by atoms with Gasteiger partial charge in [0.15, 0.2) is 0 Å². The lowest BCUT2D eigenvalue weighted by Crippen LogP contribution is -2.51. The van der Waals surface area contributed by atoms with Crippen molar-refractivity contribution in [2.24, 2.45) is 5.92 Å². The summed E-state index contributed by atoms with van der Waals surface area (Å²) in [6.07, 6.45) is 2.76. The molecule has 0 bridgehead atoms. The summed E-state index contributed by atoms with van der Waals surface area (Å²) in [5.74, 6) is -0.0831. The van der Waals surface area contributed by atoms with Crippen molar-refractivity contribution in [3.05, 3.63) is 111 Å². The molecule has 2 aromatic heterocycles. The van der Waals surface area contributed by atoms with Crippen molar-refractivity contribution in [2.75, 3.05) is 46.9 Å². The Bertz CT molecular complexity index is 2210. The number of halogens is 3. The monoisotopic (exact) mass is 788 g/mol. The van der Waals surface area contributed by atoms with Crippen molar-refractivity contribution >= 4 is 45.2 Å². The van der Waals surface area contributed by atoms with Crippen LogP contribution in [0.25, 0.3) is 21.8 Å². The average molecular weight is 789 g/mol. The van der Waals surface area contributed by atoms with Crippen LogP contribution in [0.3, 0.4) is 0 Å². The SMILES string of the molecule is CN(C)CCCOc1ccc2c(=O)n(CC3(O)CCN(C(=O)[C@@H](CCCNC(=O)c4ccc5c(Cl)c(C(F)F)cnc5c4)Cc4ccccc4)CC3)cnc2c1. The van der Waals surface area contributed by atoms with Crippen LogP contribution >= 0.6 is 11.6 Å². The minimum absolute atomic E-state index is 0.0212. The Kier molecular flexibility index (Phi) is 13.3. The van der Waals surface area contributed by atoms with Crippen LogP contribution in [-0.2, 0) is 17.8 Å². The Morgan fingerprint density at radius 1 is 1.00 bits per heavy atom. The molecule has 296 valence electrons. The van der Waals surface area contributed by atoms with Gasteiger partial charge in [0.1, 0.15) is 5.75 Å². The molecule has 6 rings (SSSR count). The molecule has 3 heterocycles. The number of carbonyl (C=O) groups is 2. The Labute approximate surface area is 329 Å². The smallest absolute Gasteiger partial charge is 0.266 e. The van der Waals surface area contributed by atoms with Gasteiger partial charge in [-0.15, -0.1) is 0 Å². The van der Waals surface area contributed by atoms with Gasteiger partial charge in [-0.1, -0.05) is 48.0 Å². The number of aromatic nitrogens is 3. The normalized spacial score (nSPS) is 14.8. The van der Waals surface area contributed by atoms with E-state index < -0.39 is 12.0 Å². The molecule has 1 aliphatic heterocycles. The van der Waals surface area contributed by atoms with E-state index in [4.69, 9.17) is 16.3 Å². The number of nitrogens with zero attached hydrogens (tertiary/aromatic N) is 5. The fraction of sp³-hybridized carbons (Fsp3) is 0.405. The molecule has 2 amide bonds. The van der Waals surface area contributed by atoms with E-state index in [9.17, 15) is 28.3 Å². The number of nitrogens with one attached hydrogen (secondary N) is 1. The number of ether oxygens (including phenoxy) is 1. The van der Waals surface area contributed by atoms with Gasteiger partial charge in [-0.05, 0) is 82.4 Å².